The van der Waals surface area contributed by atoms with Crippen LogP contribution in [0.4, 0.5) is 11.4 Å². The second-order valence-corrected chi connectivity index (χ2v) is 4.47. The Morgan fingerprint density at radius 1 is 1.45 bits per heavy atom. The third kappa shape index (κ3) is 4.51. The van der Waals surface area contributed by atoms with Gasteiger partial charge in [0.1, 0.15) is 0 Å². The van der Waals surface area contributed by atoms with E-state index in [9.17, 15) is 14.9 Å². The first-order chi connectivity index (χ1) is 9.47. The molecule has 1 rings (SSSR count). The monoisotopic (exact) mass is 280 g/mol. The molecule has 0 fully saturated rings. The molecule has 0 aliphatic carbocycles. The molecule has 110 valence electrons. The number of nitrogens with zero attached hydrogens (tertiary/aromatic N) is 2. The Kier molecular flexibility index (Phi) is 5.92. The number of hydrogen-bond donors (Lipinski definition) is 2. The average Bonchev–Trinajstić information content (AvgIpc) is 2.38. The summed E-state index contributed by atoms with van der Waals surface area (Å²) in [5.41, 5.74) is 1.65. The highest BCUT2D eigenvalue weighted by atomic mass is 16.6. The molecule has 0 aliphatic rings. The van der Waals surface area contributed by atoms with Gasteiger partial charge in [-0.2, -0.15) is 0 Å². The number of hydrogen-bond acceptors (Lipinski definition) is 5. The smallest absolute Gasteiger partial charge is 0.269 e. The standard InChI is InChI=1S/C13H20N4O3/c1-4-15-13(18)9-16(3)8-10-7-11(17(19)20)5-6-12(10)14-2/h5-7,14H,4,8-9H2,1-3H3,(H,15,18). The van der Waals surface area contributed by atoms with E-state index in [-0.39, 0.29) is 18.1 Å². The SMILES string of the molecule is CCNC(=O)CN(C)Cc1cc([N+](=O)[O-])ccc1NC. The number of nitrogens with one attached hydrogen (secondary N) is 2. The first kappa shape index (κ1) is 15.9. The van der Waals surface area contributed by atoms with Crippen LogP contribution in [0.5, 0.6) is 0 Å². The van der Waals surface area contributed by atoms with Crippen molar-refractivity contribution >= 4 is 17.3 Å². The summed E-state index contributed by atoms with van der Waals surface area (Å²) in [5.74, 6) is -0.0635. The summed E-state index contributed by atoms with van der Waals surface area (Å²) in [5, 5.41) is 16.5. The normalized spacial score (nSPS) is 10.4. The van der Waals surface area contributed by atoms with Crippen LogP contribution in [0.2, 0.25) is 0 Å². The highest BCUT2D eigenvalue weighted by Gasteiger charge is 2.13. The van der Waals surface area contributed by atoms with E-state index >= 15 is 0 Å². The Hall–Kier alpha value is -2.15. The van der Waals surface area contributed by atoms with E-state index in [1.807, 2.05) is 11.8 Å². The fourth-order valence-electron chi connectivity index (χ4n) is 1.91. The van der Waals surface area contributed by atoms with Crippen LogP contribution in [0, 0.1) is 10.1 Å². The van der Waals surface area contributed by atoms with E-state index in [1.165, 1.54) is 12.1 Å². The molecular weight excluding hydrogens is 260 g/mol. The van der Waals surface area contributed by atoms with Crippen molar-refractivity contribution in [1.29, 1.82) is 0 Å². The highest BCUT2D eigenvalue weighted by Crippen LogP contribution is 2.22. The minimum atomic E-state index is -0.424. The van der Waals surface area contributed by atoms with Crippen LogP contribution >= 0.6 is 0 Å². The maximum absolute atomic E-state index is 11.5. The van der Waals surface area contributed by atoms with Gasteiger partial charge in [0.2, 0.25) is 5.91 Å². The molecule has 2 N–H and O–H groups in total. The average molecular weight is 280 g/mol. The molecule has 0 bridgehead atoms. The van der Waals surface area contributed by atoms with Crippen LogP contribution in [0.1, 0.15) is 12.5 Å². The first-order valence-corrected chi connectivity index (χ1v) is 6.38. The van der Waals surface area contributed by atoms with Crippen LogP contribution in [-0.2, 0) is 11.3 Å². The molecule has 1 aromatic carbocycles. The Bertz CT molecular complexity index is 491. The molecular formula is C13H20N4O3. The van der Waals surface area contributed by atoms with Crippen LogP contribution < -0.4 is 10.6 Å². The van der Waals surface area contributed by atoms with Crippen molar-refractivity contribution in [3.63, 3.8) is 0 Å². The third-order valence-electron chi connectivity index (χ3n) is 2.80. The minimum Gasteiger partial charge on any atom is -0.388 e. The van der Waals surface area contributed by atoms with Crippen molar-refractivity contribution in [2.75, 3.05) is 32.5 Å². The molecule has 0 saturated carbocycles. The highest BCUT2D eigenvalue weighted by molar-refractivity contribution is 5.77. The Morgan fingerprint density at radius 3 is 2.70 bits per heavy atom. The van der Waals surface area contributed by atoms with Crippen LogP contribution in [0.15, 0.2) is 18.2 Å². The van der Waals surface area contributed by atoms with E-state index < -0.39 is 4.92 Å². The van der Waals surface area contributed by atoms with E-state index in [2.05, 4.69) is 10.6 Å². The van der Waals surface area contributed by atoms with Crippen molar-refractivity contribution in [3.05, 3.63) is 33.9 Å². The topological polar surface area (TPSA) is 87.5 Å². The number of non-ortho nitro benzene ring substituents is 1. The number of anilines is 1. The molecule has 7 nitrogen and oxygen atoms in total. The second kappa shape index (κ2) is 7.44. The zero-order valence-corrected chi connectivity index (χ0v) is 12.0. The molecule has 0 heterocycles. The summed E-state index contributed by atoms with van der Waals surface area (Å²) in [6.45, 7) is 3.15. The summed E-state index contributed by atoms with van der Waals surface area (Å²) >= 11 is 0. The third-order valence-corrected chi connectivity index (χ3v) is 2.80. The summed E-state index contributed by atoms with van der Waals surface area (Å²) in [6.07, 6.45) is 0. The Labute approximate surface area is 118 Å². The van der Waals surface area contributed by atoms with Crippen molar-refractivity contribution in [3.8, 4) is 0 Å². The number of amides is 1. The van der Waals surface area contributed by atoms with Crippen molar-refractivity contribution < 1.29 is 9.72 Å². The maximum Gasteiger partial charge on any atom is 0.269 e. The van der Waals surface area contributed by atoms with E-state index in [0.29, 0.717) is 13.1 Å². The Balaban J connectivity index is 2.81. The number of carbonyl (C=O) groups excluding carboxylic acids is 1. The second-order valence-electron chi connectivity index (χ2n) is 4.47. The molecule has 7 heteroatoms. The summed E-state index contributed by atoms with van der Waals surface area (Å²) in [6, 6.07) is 4.66. The van der Waals surface area contributed by atoms with Crippen LogP contribution in [0.3, 0.4) is 0 Å². The molecule has 0 radical (unpaired) electrons. The quantitative estimate of drug-likeness (QED) is 0.579. The first-order valence-electron chi connectivity index (χ1n) is 6.38. The van der Waals surface area contributed by atoms with Gasteiger partial charge in [0.25, 0.3) is 5.69 Å². The number of carbonyl (C=O) groups is 1. The molecule has 0 spiro atoms. The summed E-state index contributed by atoms with van der Waals surface area (Å²) in [4.78, 5) is 23.7. The minimum absolute atomic E-state index is 0.0467. The lowest BCUT2D eigenvalue weighted by molar-refractivity contribution is -0.384. The lowest BCUT2D eigenvalue weighted by Crippen LogP contribution is -2.34. The lowest BCUT2D eigenvalue weighted by atomic mass is 10.1. The molecule has 0 aliphatic heterocycles. The predicted molar refractivity (Wildman–Crippen MR) is 77.7 cm³/mol. The summed E-state index contributed by atoms with van der Waals surface area (Å²) in [7, 11) is 3.56. The van der Waals surface area contributed by atoms with Gasteiger partial charge in [-0.15, -0.1) is 0 Å². The zero-order valence-electron chi connectivity index (χ0n) is 12.0. The van der Waals surface area contributed by atoms with E-state index in [1.54, 1.807) is 20.2 Å². The predicted octanol–water partition coefficient (Wildman–Crippen LogP) is 1.20. The molecule has 20 heavy (non-hydrogen) atoms. The van der Waals surface area contributed by atoms with Crippen molar-refractivity contribution in [2.45, 2.75) is 13.5 Å². The Morgan fingerprint density at radius 2 is 2.15 bits per heavy atom. The number of nitro benzene ring substituents is 1. The van der Waals surface area contributed by atoms with Crippen molar-refractivity contribution in [1.82, 2.24) is 10.2 Å². The zero-order chi connectivity index (χ0) is 15.1. The van der Waals surface area contributed by atoms with Gasteiger partial charge in [-0.1, -0.05) is 0 Å². The molecule has 0 aromatic heterocycles. The molecule has 0 atom stereocenters. The van der Waals surface area contributed by atoms with Gasteiger partial charge in [-0.05, 0) is 25.6 Å². The van der Waals surface area contributed by atoms with Gasteiger partial charge in [0, 0.05) is 38.0 Å². The maximum atomic E-state index is 11.5. The largest absolute Gasteiger partial charge is 0.388 e. The van der Waals surface area contributed by atoms with E-state index in [4.69, 9.17) is 0 Å². The molecule has 1 aromatic rings. The lowest BCUT2D eigenvalue weighted by Gasteiger charge is -2.18. The van der Waals surface area contributed by atoms with Gasteiger partial charge < -0.3 is 10.6 Å². The van der Waals surface area contributed by atoms with Crippen LogP contribution in [-0.4, -0.2) is 42.9 Å². The number of likely N-dealkylation sites (N-methyl/N-ethyl adjacent to an activating group) is 2. The van der Waals surface area contributed by atoms with Gasteiger partial charge >= 0.3 is 0 Å². The van der Waals surface area contributed by atoms with Gasteiger partial charge in [0.15, 0.2) is 0 Å². The van der Waals surface area contributed by atoms with Gasteiger partial charge in [0.05, 0.1) is 11.5 Å². The molecule has 0 saturated heterocycles. The van der Waals surface area contributed by atoms with Crippen LogP contribution in [0.25, 0.3) is 0 Å². The number of rotatable bonds is 7. The molecule has 1 amide bonds. The number of nitro groups is 1. The fraction of sp³-hybridized carbons (Fsp3) is 0.462. The molecule has 0 unspecified atom stereocenters. The fourth-order valence-corrected chi connectivity index (χ4v) is 1.91. The van der Waals surface area contributed by atoms with E-state index in [0.717, 1.165) is 11.3 Å². The number of benzene rings is 1. The van der Waals surface area contributed by atoms with Gasteiger partial charge in [-0.3, -0.25) is 19.8 Å². The van der Waals surface area contributed by atoms with Gasteiger partial charge in [-0.25, -0.2) is 0 Å². The summed E-state index contributed by atoms with van der Waals surface area (Å²) < 4.78 is 0. The van der Waals surface area contributed by atoms with Crippen molar-refractivity contribution in [2.24, 2.45) is 0 Å².